The van der Waals surface area contributed by atoms with E-state index in [1.165, 1.54) is 0 Å². The average Bonchev–Trinajstić information content (AvgIpc) is 2.12. The number of amides is 1. The lowest BCUT2D eigenvalue weighted by atomic mass is 10.0. The number of rotatable bonds is 5. The highest BCUT2D eigenvalue weighted by molar-refractivity contribution is 5.76. The van der Waals surface area contributed by atoms with Crippen LogP contribution in [-0.2, 0) is 4.79 Å². The maximum Gasteiger partial charge on any atom is 0.222 e. The van der Waals surface area contributed by atoms with Gasteiger partial charge in [0, 0.05) is 19.5 Å². The molecule has 0 aromatic heterocycles. The summed E-state index contributed by atoms with van der Waals surface area (Å²) < 4.78 is 0. The minimum atomic E-state index is 0.201. The van der Waals surface area contributed by atoms with E-state index in [1.54, 1.807) is 4.90 Å². The van der Waals surface area contributed by atoms with Gasteiger partial charge in [-0.15, -0.1) is 0 Å². The Morgan fingerprint density at radius 3 is 2.31 bits per heavy atom. The molecule has 0 saturated heterocycles. The van der Waals surface area contributed by atoms with Gasteiger partial charge in [-0.05, 0) is 26.3 Å². The molecular weight excluding hydrogens is 164 g/mol. The topological polar surface area (TPSA) is 46.3 Å². The molecule has 0 spiro atoms. The van der Waals surface area contributed by atoms with Gasteiger partial charge < -0.3 is 10.6 Å². The number of carbonyl (C=O) groups excluding carboxylic acids is 1. The Kier molecular flexibility index (Phi) is 5.71. The minimum Gasteiger partial charge on any atom is -0.343 e. The van der Waals surface area contributed by atoms with Crippen LogP contribution in [0, 0.1) is 5.92 Å². The van der Waals surface area contributed by atoms with Gasteiger partial charge in [0.25, 0.3) is 0 Å². The highest BCUT2D eigenvalue weighted by atomic mass is 16.2. The maximum absolute atomic E-state index is 11.6. The molecule has 0 aliphatic carbocycles. The summed E-state index contributed by atoms with van der Waals surface area (Å²) in [6.07, 6.45) is 1.57. The van der Waals surface area contributed by atoms with Crippen LogP contribution in [0.25, 0.3) is 0 Å². The third kappa shape index (κ3) is 4.27. The Morgan fingerprint density at radius 1 is 1.46 bits per heavy atom. The number of hydrogen-bond donors (Lipinski definition) is 1. The van der Waals surface area contributed by atoms with E-state index in [0.29, 0.717) is 18.9 Å². The molecule has 3 nitrogen and oxygen atoms in total. The zero-order valence-electron chi connectivity index (χ0n) is 9.21. The van der Waals surface area contributed by atoms with E-state index in [9.17, 15) is 4.79 Å². The van der Waals surface area contributed by atoms with Gasteiger partial charge in [0.1, 0.15) is 0 Å². The predicted octanol–water partition coefficient (Wildman–Crippen LogP) is 1.23. The lowest BCUT2D eigenvalue weighted by molar-refractivity contribution is -0.132. The summed E-state index contributed by atoms with van der Waals surface area (Å²) >= 11 is 0. The molecular formula is C10H22N2O. The van der Waals surface area contributed by atoms with Crippen LogP contribution in [0.15, 0.2) is 0 Å². The van der Waals surface area contributed by atoms with Crippen molar-refractivity contribution in [2.45, 2.75) is 39.7 Å². The highest BCUT2D eigenvalue weighted by Crippen LogP contribution is 2.09. The molecule has 0 aliphatic rings. The molecule has 0 saturated carbocycles. The Bertz CT molecular complexity index is 153. The molecule has 1 atom stereocenters. The molecule has 1 unspecified atom stereocenters. The molecule has 3 heteroatoms. The number of carbonyl (C=O) groups is 1. The zero-order chi connectivity index (χ0) is 10.4. The maximum atomic E-state index is 11.6. The van der Waals surface area contributed by atoms with E-state index in [-0.39, 0.29) is 11.9 Å². The Morgan fingerprint density at radius 2 is 2.00 bits per heavy atom. The van der Waals surface area contributed by atoms with Crippen LogP contribution >= 0.6 is 0 Å². The van der Waals surface area contributed by atoms with Gasteiger partial charge in [-0.1, -0.05) is 13.3 Å². The second-order valence-electron chi connectivity index (χ2n) is 3.81. The normalized spacial score (nSPS) is 13.1. The van der Waals surface area contributed by atoms with Crippen LogP contribution in [0.1, 0.15) is 33.6 Å². The smallest absolute Gasteiger partial charge is 0.222 e. The van der Waals surface area contributed by atoms with Crippen molar-refractivity contribution in [1.29, 1.82) is 0 Å². The first-order valence-electron chi connectivity index (χ1n) is 4.98. The summed E-state index contributed by atoms with van der Waals surface area (Å²) in [4.78, 5) is 13.4. The summed E-state index contributed by atoms with van der Waals surface area (Å²) in [5, 5.41) is 0. The van der Waals surface area contributed by atoms with Gasteiger partial charge in [-0.25, -0.2) is 0 Å². The third-order valence-electron chi connectivity index (χ3n) is 2.54. The van der Waals surface area contributed by atoms with Crippen molar-refractivity contribution in [3.63, 3.8) is 0 Å². The van der Waals surface area contributed by atoms with Gasteiger partial charge in [0.15, 0.2) is 0 Å². The van der Waals surface area contributed by atoms with Crippen LogP contribution in [-0.4, -0.2) is 30.4 Å². The van der Waals surface area contributed by atoms with Gasteiger partial charge in [0.05, 0.1) is 0 Å². The van der Waals surface area contributed by atoms with Crippen molar-refractivity contribution in [2.75, 3.05) is 13.6 Å². The molecule has 13 heavy (non-hydrogen) atoms. The molecule has 0 fully saturated rings. The monoisotopic (exact) mass is 186 g/mol. The Labute approximate surface area is 81.3 Å². The molecule has 0 aromatic carbocycles. The summed E-state index contributed by atoms with van der Waals surface area (Å²) in [5.74, 6) is 0.543. The van der Waals surface area contributed by atoms with Gasteiger partial charge >= 0.3 is 0 Å². The van der Waals surface area contributed by atoms with E-state index in [1.807, 2.05) is 20.9 Å². The van der Waals surface area contributed by atoms with Crippen LogP contribution < -0.4 is 5.73 Å². The second-order valence-corrected chi connectivity index (χ2v) is 3.81. The zero-order valence-corrected chi connectivity index (χ0v) is 9.21. The van der Waals surface area contributed by atoms with Crippen molar-refractivity contribution < 1.29 is 4.79 Å². The van der Waals surface area contributed by atoms with Crippen molar-refractivity contribution in [3.05, 3.63) is 0 Å². The molecule has 0 heterocycles. The van der Waals surface area contributed by atoms with Crippen LogP contribution in [0.4, 0.5) is 0 Å². The molecule has 0 rings (SSSR count). The van der Waals surface area contributed by atoms with Crippen LogP contribution in [0.5, 0.6) is 0 Å². The molecule has 1 amide bonds. The largest absolute Gasteiger partial charge is 0.343 e. The van der Waals surface area contributed by atoms with E-state index in [2.05, 4.69) is 6.92 Å². The third-order valence-corrected chi connectivity index (χ3v) is 2.54. The number of nitrogens with zero attached hydrogens (tertiary/aromatic N) is 1. The first-order chi connectivity index (χ1) is 6.02. The molecule has 0 bridgehead atoms. The lowest BCUT2D eigenvalue weighted by Crippen LogP contribution is -2.35. The quantitative estimate of drug-likeness (QED) is 0.702. The average molecular weight is 186 g/mol. The van der Waals surface area contributed by atoms with Crippen LogP contribution in [0.2, 0.25) is 0 Å². The number of hydrogen-bond acceptors (Lipinski definition) is 2. The number of nitrogens with two attached hydrogens (primary N) is 1. The van der Waals surface area contributed by atoms with Gasteiger partial charge in [0.2, 0.25) is 5.91 Å². The predicted molar refractivity (Wildman–Crippen MR) is 55.4 cm³/mol. The molecule has 78 valence electrons. The highest BCUT2D eigenvalue weighted by Gasteiger charge is 2.15. The van der Waals surface area contributed by atoms with E-state index in [0.717, 1.165) is 6.42 Å². The fourth-order valence-electron chi connectivity index (χ4n) is 1.07. The summed E-state index contributed by atoms with van der Waals surface area (Å²) in [7, 11) is 1.84. The molecule has 0 aromatic rings. The summed E-state index contributed by atoms with van der Waals surface area (Å²) in [5.41, 5.74) is 5.54. The van der Waals surface area contributed by atoms with E-state index in [4.69, 9.17) is 5.73 Å². The van der Waals surface area contributed by atoms with Crippen molar-refractivity contribution in [2.24, 2.45) is 11.7 Å². The first-order valence-corrected chi connectivity index (χ1v) is 4.98. The lowest BCUT2D eigenvalue weighted by Gasteiger charge is -2.23. The second kappa shape index (κ2) is 5.97. The molecule has 0 radical (unpaired) electrons. The minimum absolute atomic E-state index is 0.201. The summed E-state index contributed by atoms with van der Waals surface area (Å²) in [6.45, 7) is 6.71. The standard InChI is InChI=1S/C10H22N2O/c1-5-9(7-11)6-10(13)12(4)8(2)3/h8-9H,5-7,11H2,1-4H3. The SMILES string of the molecule is CCC(CN)CC(=O)N(C)C(C)C. The van der Waals surface area contributed by atoms with E-state index < -0.39 is 0 Å². The summed E-state index contributed by atoms with van der Waals surface area (Å²) in [6, 6.07) is 0.280. The van der Waals surface area contributed by atoms with Crippen molar-refractivity contribution >= 4 is 5.91 Å². The fraction of sp³-hybridized carbons (Fsp3) is 0.900. The van der Waals surface area contributed by atoms with Crippen molar-refractivity contribution in [3.8, 4) is 0 Å². The Hall–Kier alpha value is -0.570. The van der Waals surface area contributed by atoms with Gasteiger partial charge in [-0.3, -0.25) is 4.79 Å². The molecule has 2 N–H and O–H groups in total. The van der Waals surface area contributed by atoms with Crippen molar-refractivity contribution in [1.82, 2.24) is 4.90 Å². The first kappa shape index (κ1) is 12.4. The van der Waals surface area contributed by atoms with Gasteiger partial charge in [-0.2, -0.15) is 0 Å². The van der Waals surface area contributed by atoms with Crippen LogP contribution in [0.3, 0.4) is 0 Å². The fourth-order valence-corrected chi connectivity index (χ4v) is 1.07. The van der Waals surface area contributed by atoms with E-state index >= 15 is 0 Å². The molecule has 0 aliphatic heterocycles. The Balaban J connectivity index is 3.98.